The van der Waals surface area contributed by atoms with Gasteiger partial charge in [-0.3, -0.25) is 0 Å². The number of hydrogen-bond acceptors (Lipinski definition) is 2. The van der Waals surface area contributed by atoms with Crippen molar-refractivity contribution in [3.63, 3.8) is 0 Å². The second kappa shape index (κ2) is 4.03. The molecular formula is C26H14N2O2. The van der Waals surface area contributed by atoms with Gasteiger partial charge in [-0.1, -0.05) is 0 Å². The molecule has 0 N–H and O–H groups in total. The van der Waals surface area contributed by atoms with Crippen LogP contribution in [0.15, 0.2) is 57.4 Å². The Morgan fingerprint density at radius 3 is 0.933 bits per heavy atom. The molecule has 0 unspecified atom stereocenters. The number of aromatic nitrogens is 2. The summed E-state index contributed by atoms with van der Waals surface area (Å²) in [5.41, 5.74) is 8.71. The van der Waals surface area contributed by atoms with E-state index in [1.54, 1.807) is 0 Å². The van der Waals surface area contributed by atoms with E-state index in [1.807, 2.05) is 0 Å². The average Bonchev–Trinajstić information content (AvgIpc) is 3.45. The molecule has 0 fully saturated rings. The zero-order chi connectivity index (χ0) is 19.5. The second-order valence-corrected chi connectivity index (χ2v) is 8.65. The first-order chi connectivity index (χ1) is 14.7. The van der Waals surface area contributed by atoms with Crippen molar-refractivity contribution in [3.05, 3.63) is 48.5 Å². The molecule has 4 heteroatoms. The summed E-state index contributed by atoms with van der Waals surface area (Å²) in [6, 6.07) is 17.2. The van der Waals surface area contributed by atoms with Crippen LogP contribution in [0.25, 0.3) is 87.5 Å². The summed E-state index contributed by atoms with van der Waals surface area (Å²) in [6.45, 7) is 0. The van der Waals surface area contributed by atoms with Gasteiger partial charge in [-0.25, -0.2) is 0 Å². The Morgan fingerprint density at radius 2 is 0.667 bits per heavy atom. The standard InChI is InChI=1S/C26H14N2O2/c1-27-11-3-7-15-23-19(11)20-12(27)4-8-16-24(20)26-18(30-16)10-6-14-22(26)21-13(28(14)2)5-9-17(29-15)25(21)23/h3-10H,1-2H3. The molecule has 0 saturated heterocycles. The molecule has 0 aliphatic heterocycles. The van der Waals surface area contributed by atoms with E-state index in [9.17, 15) is 0 Å². The molecule has 0 radical (unpaired) electrons. The second-order valence-electron chi connectivity index (χ2n) is 8.65. The fourth-order valence-electron chi connectivity index (χ4n) is 6.25. The van der Waals surface area contributed by atoms with Gasteiger partial charge >= 0.3 is 0 Å². The summed E-state index contributed by atoms with van der Waals surface area (Å²) in [5, 5.41) is 9.99. The van der Waals surface area contributed by atoms with E-state index in [2.05, 4.69) is 71.8 Å². The molecule has 4 nitrogen and oxygen atoms in total. The molecule has 0 spiro atoms. The van der Waals surface area contributed by atoms with Crippen LogP contribution in [0.1, 0.15) is 0 Å². The third kappa shape index (κ3) is 1.18. The van der Waals surface area contributed by atoms with Gasteiger partial charge in [0.2, 0.25) is 0 Å². The van der Waals surface area contributed by atoms with Gasteiger partial charge in [0.1, 0.15) is 22.3 Å². The molecule has 0 amide bonds. The van der Waals surface area contributed by atoms with Gasteiger partial charge in [0, 0.05) is 79.3 Å². The van der Waals surface area contributed by atoms with E-state index < -0.39 is 0 Å². The van der Waals surface area contributed by atoms with Crippen molar-refractivity contribution in [1.82, 2.24) is 9.13 Å². The SMILES string of the molecule is Cn1c2ccc3oc4ccc5c6c4c3c2c2c3c(ccc21)oc1ccc(c6c13)n5C. The van der Waals surface area contributed by atoms with Crippen LogP contribution in [-0.2, 0) is 14.1 Å². The van der Waals surface area contributed by atoms with Gasteiger partial charge in [0.25, 0.3) is 0 Å². The van der Waals surface area contributed by atoms with E-state index in [0.717, 1.165) is 22.3 Å². The zero-order valence-corrected chi connectivity index (χ0v) is 16.3. The lowest BCUT2D eigenvalue weighted by atomic mass is 9.95. The molecule has 9 aromatic rings. The van der Waals surface area contributed by atoms with E-state index in [-0.39, 0.29) is 0 Å². The molecule has 30 heavy (non-hydrogen) atoms. The van der Waals surface area contributed by atoms with Gasteiger partial charge in [-0.2, -0.15) is 0 Å². The lowest BCUT2D eigenvalue weighted by Gasteiger charge is -2.03. The summed E-state index contributed by atoms with van der Waals surface area (Å²) in [4.78, 5) is 0. The average molecular weight is 386 g/mol. The fourth-order valence-corrected chi connectivity index (χ4v) is 6.25. The number of aryl methyl sites for hydroxylation is 2. The summed E-state index contributed by atoms with van der Waals surface area (Å²) in [6.07, 6.45) is 0. The Morgan fingerprint density at radius 1 is 0.400 bits per heavy atom. The first-order valence-electron chi connectivity index (χ1n) is 10.2. The quantitative estimate of drug-likeness (QED) is 0.279. The third-order valence-electron chi connectivity index (χ3n) is 7.47. The Kier molecular flexibility index (Phi) is 1.90. The van der Waals surface area contributed by atoms with Gasteiger partial charge in [0.15, 0.2) is 0 Å². The lowest BCUT2D eigenvalue weighted by molar-refractivity contribution is 0.669. The molecule has 0 saturated carbocycles. The van der Waals surface area contributed by atoms with Crippen molar-refractivity contribution in [2.24, 2.45) is 14.1 Å². The highest BCUT2D eigenvalue weighted by Gasteiger charge is 2.27. The van der Waals surface area contributed by atoms with Crippen LogP contribution >= 0.6 is 0 Å². The molecule has 140 valence electrons. The summed E-state index contributed by atoms with van der Waals surface area (Å²) < 4.78 is 17.4. The van der Waals surface area contributed by atoms with Crippen molar-refractivity contribution >= 4 is 87.5 Å². The molecule has 4 heterocycles. The fraction of sp³-hybridized carbons (Fsp3) is 0.0769. The Bertz CT molecular complexity index is 1830. The molecule has 0 bridgehead atoms. The topological polar surface area (TPSA) is 36.1 Å². The van der Waals surface area contributed by atoms with Crippen molar-refractivity contribution < 1.29 is 8.83 Å². The van der Waals surface area contributed by atoms with Crippen LogP contribution in [0.4, 0.5) is 0 Å². The highest BCUT2D eigenvalue weighted by molar-refractivity contribution is 6.44. The van der Waals surface area contributed by atoms with Gasteiger partial charge in [-0.05, 0) is 48.5 Å². The summed E-state index contributed by atoms with van der Waals surface area (Å²) >= 11 is 0. The first-order valence-corrected chi connectivity index (χ1v) is 10.2. The summed E-state index contributed by atoms with van der Waals surface area (Å²) in [5.74, 6) is 0. The molecule has 0 atom stereocenters. The highest BCUT2D eigenvalue weighted by Crippen LogP contribution is 2.51. The van der Waals surface area contributed by atoms with E-state index in [1.165, 1.54) is 65.2 Å². The number of rotatable bonds is 0. The number of furan rings is 2. The monoisotopic (exact) mass is 386 g/mol. The van der Waals surface area contributed by atoms with Crippen LogP contribution in [0.2, 0.25) is 0 Å². The Balaban J connectivity index is 1.92. The zero-order valence-electron chi connectivity index (χ0n) is 16.3. The highest BCUT2D eigenvalue weighted by atomic mass is 16.3. The molecule has 5 aromatic carbocycles. The van der Waals surface area contributed by atoms with Gasteiger partial charge in [-0.15, -0.1) is 0 Å². The predicted molar refractivity (Wildman–Crippen MR) is 123 cm³/mol. The molecule has 0 aliphatic rings. The van der Waals surface area contributed by atoms with Crippen molar-refractivity contribution in [2.45, 2.75) is 0 Å². The maximum atomic E-state index is 6.40. The normalized spacial score (nSPS) is 13.7. The van der Waals surface area contributed by atoms with E-state index >= 15 is 0 Å². The number of nitrogens with zero attached hydrogens (tertiary/aromatic N) is 2. The first kappa shape index (κ1) is 14.1. The van der Waals surface area contributed by atoms with E-state index in [4.69, 9.17) is 8.83 Å². The van der Waals surface area contributed by atoms with Crippen molar-refractivity contribution in [2.75, 3.05) is 0 Å². The van der Waals surface area contributed by atoms with Crippen LogP contribution in [-0.4, -0.2) is 9.13 Å². The third-order valence-corrected chi connectivity index (χ3v) is 7.47. The lowest BCUT2D eigenvalue weighted by Crippen LogP contribution is -1.86. The maximum Gasteiger partial charge on any atom is 0.136 e. The minimum absolute atomic E-state index is 0.950. The van der Waals surface area contributed by atoms with Crippen molar-refractivity contribution in [3.8, 4) is 0 Å². The minimum Gasteiger partial charge on any atom is -0.456 e. The van der Waals surface area contributed by atoms with E-state index in [0.29, 0.717) is 0 Å². The van der Waals surface area contributed by atoms with Crippen LogP contribution in [0, 0.1) is 0 Å². The van der Waals surface area contributed by atoms with Crippen LogP contribution < -0.4 is 0 Å². The molecular weight excluding hydrogens is 372 g/mol. The smallest absolute Gasteiger partial charge is 0.136 e. The maximum absolute atomic E-state index is 6.40. The largest absolute Gasteiger partial charge is 0.456 e. The predicted octanol–water partition coefficient (Wildman–Crippen LogP) is 7.09. The molecule has 4 aromatic heterocycles. The minimum atomic E-state index is 0.950. The Labute approximate surface area is 168 Å². The Hall–Kier alpha value is -3.92. The van der Waals surface area contributed by atoms with Crippen molar-refractivity contribution in [1.29, 1.82) is 0 Å². The number of hydrogen-bond donors (Lipinski definition) is 0. The number of benzene rings is 4. The molecule has 0 aliphatic carbocycles. The van der Waals surface area contributed by atoms with Gasteiger partial charge < -0.3 is 18.0 Å². The van der Waals surface area contributed by atoms with Crippen LogP contribution in [0.5, 0.6) is 0 Å². The van der Waals surface area contributed by atoms with Gasteiger partial charge in [0.05, 0.1) is 0 Å². The molecule has 9 rings (SSSR count). The summed E-state index contributed by atoms with van der Waals surface area (Å²) in [7, 11) is 4.31. The van der Waals surface area contributed by atoms with Crippen LogP contribution in [0.3, 0.4) is 0 Å².